The van der Waals surface area contributed by atoms with Gasteiger partial charge in [0, 0.05) is 36.3 Å². The standard InChI is InChI=1S/C13H20N4S/c1-10(9-17-8-4-6-15-17)14-7-5-13-16-11(2)12(3)18-13/h4,6,8,10,14H,5,7,9H2,1-3H3. The van der Waals surface area contributed by atoms with Gasteiger partial charge in [-0.05, 0) is 26.8 Å². The fraction of sp³-hybridized carbons (Fsp3) is 0.538. The van der Waals surface area contributed by atoms with Crippen LogP contribution in [0.5, 0.6) is 0 Å². The number of rotatable bonds is 6. The maximum Gasteiger partial charge on any atom is 0.0943 e. The van der Waals surface area contributed by atoms with Gasteiger partial charge in [-0.15, -0.1) is 11.3 Å². The molecule has 0 spiro atoms. The number of nitrogens with zero attached hydrogens (tertiary/aromatic N) is 3. The Kier molecular flexibility index (Phi) is 4.49. The third kappa shape index (κ3) is 3.65. The molecule has 0 aromatic carbocycles. The molecule has 2 rings (SSSR count). The van der Waals surface area contributed by atoms with Crippen molar-refractivity contribution in [3.05, 3.63) is 34.0 Å². The first-order valence-electron chi connectivity index (χ1n) is 6.29. The summed E-state index contributed by atoms with van der Waals surface area (Å²) < 4.78 is 1.95. The van der Waals surface area contributed by atoms with Crippen molar-refractivity contribution in [2.45, 2.75) is 39.8 Å². The van der Waals surface area contributed by atoms with Crippen LogP contribution in [0.4, 0.5) is 0 Å². The SMILES string of the molecule is Cc1nc(CCNC(C)Cn2cccn2)sc1C. The van der Waals surface area contributed by atoms with Gasteiger partial charge in [-0.2, -0.15) is 5.10 Å². The van der Waals surface area contributed by atoms with E-state index in [1.165, 1.54) is 15.6 Å². The molecule has 1 unspecified atom stereocenters. The predicted octanol–water partition coefficient (Wildman–Crippen LogP) is 2.18. The van der Waals surface area contributed by atoms with E-state index in [4.69, 9.17) is 0 Å². The zero-order valence-electron chi connectivity index (χ0n) is 11.2. The fourth-order valence-corrected chi connectivity index (χ4v) is 2.76. The molecule has 4 nitrogen and oxygen atoms in total. The van der Waals surface area contributed by atoms with Crippen LogP contribution < -0.4 is 5.32 Å². The molecular formula is C13H20N4S. The highest BCUT2D eigenvalue weighted by Crippen LogP contribution is 2.16. The van der Waals surface area contributed by atoms with Gasteiger partial charge >= 0.3 is 0 Å². The number of hydrogen-bond acceptors (Lipinski definition) is 4. The second-order valence-electron chi connectivity index (χ2n) is 4.58. The summed E-state index contributed by atoms with van der Waals surface area (Å²) in [5.41, 5.74) is 1.17. The third-order valence-corrected chi connectivity index (χ3v) is 4.06. The molecule has 0 aliphatic carbocycles. The van der Waals surface area contributed by atoms with Crippen LogP contribution in [0, 0.1) is 13.8 Å². The second-order valence-corrected chi connectivity index (χ2v) is 5.87. The third-order valence-electron chi connectivity index (χ3n) is 2.92. The molecule has 0 aliphatic heterocycles. The minimum Gasteiger partial charge on any atom is -0.312 e. The zero-order chi connectivity index (χ0) is 13.0. The van der Waals surface area contributed by atoms with E-state index in [9.17, 15) is 0 Å². The van der Waals surface area contributed by atoms with Crippen molar-refractivity contribution < 1.29 is 0 Å². The lowest BCUT2D eigenvalue weighted by molar-refractivity contribution is 0.454. The highest BCUT2D eigenvalue weighted by atomic mass is 32.1. The smallest absolute Gasteiger partial charge is 0.0943 e. The topological polar surface area (TPSA) is 42.7 Å². The van der Waals surface area contributed by atoms with Crippen LogP contribution in [-0.2, 0) is 13.0 Å². The highest BCUT2D eigenvalue weighted by Gasteiger charge is 2.05. The monoisotopic (exact) mass is 264 g/mol. The molecule has 2 heterocycles. The molecule has 0 saturated carbocycles. The molecule has 0 aliphatic rings. The average molecular weight is 264 g/mol. The molecule has 0 bridgehead atoms. The quantitative estimate of drug-likeness (QED) is 0.869. The number of thiazole rings is 1. The van der Waals surface area contributed by atoms with Gasteiger partial charge in [-0.25, -0.2) is 4.98 Å². The summed E-state index contributed by atoms with van der Waals surface area (Å²) in [6.07, 6.45) is 4.81. The first-order chi connectivity index (χ1) is 8.65. The summed E-state index contributed by atoms with van der Waals surface area (Å²) in [7, 11) is 0. The number of aryl methyl sites for hydroxylation is 2. The Bertz CT molecular complexity index is 456. The number of aromatic nitrogens is 3. The highest BCUT2D eigenvalue weighted by molar-refractivity contribution is 7.11. The average Bonchev–Trinajstić information content (AvgIpc) is 2.90. The molecule has 5 heteroatoms. The molecule has 0 radical (unpaired) electrons. The van der Waals surface area contributed by atoms with Crippen LogP contribution >= 0.6 is 11.3 Å². The van der Waals surface area contributed by atoms with Gasteiger partial charge in [0.15, 0.2) is 0 Å². The van der Waals surface area contributed by atoms with Gasteiger partial charge in [-0.1, -0.05) is 0 Å². The van der Waals surface area contributed by atoms with E-state index in [0.29, 0.717) is 6.04 Å². The van der Waals surface area contributed by atoms with Gasteiger partial charge in [0.1, 0.15) is 0 Å². The van der Waals surface area contributed by atoms with Gasteiger partial charge < -0.3 is 5.32 Å². The summed E-state index contributed by atoms with van der Waals surface area (Å²) in [4.78, 5) is 5.87. The summed E-state index contributed by atoms with van der Waals surface area (Å²) in [5.74, 6) is 0. The van der Waals surface area contributed by atoms with E-state index in [0.717, 1.165) is 19.5 Å². The van der Waals surface area contributed by atoms with Crippen molar-refractivity contribution in [2.24, 2.45) is 0 Å². The lowest BCUT2D eigenvalue weighted by atomic mass is 10.3. The van der Waals surface area contributed by atoms with Crippen molar-refractivity contribution >= 4 is 11.3 Å². The molecule has 0 amide bonds. The van der Waals surface area contributed by atoms with Crippen molar-refractivity contribution in [2.75, 3.05) is 6.54 Å². The predicted molar refractivity (Wildman–Crippen MR) is 75.0 cm³/mol. The van der Waals surface area contributed by atoms with Gasteiger partial charge in [0.25, 0.3) is 0 Å². The minimum atomic E-state index is 0.423. The Morgan fingerprint density at radius 3 is 2.89 bits per heavy atom. The molecular weight excluding hydrogens is 244 g/mol. The summed E-state index contributed by atoms with van der Waals surface area (Å²) in [6, 6.07) is 2.38. The molecule has 2 aromatic rings. The van der Waals surface area contributed by atoms with Gasteiger partial charge in [0.2, 0.25) is 0 Å². The Morgan fingerprint density at radius 1 is 1.44 bits per heavy atom. The lowest BCUT2D eigenvalue weighted by Crippen LogP contribution is -2.32. The molecule has 0 saturated heterocycles. The molecule has 98 valence electrons. The molecule has 1 atom stereocenters. The van der Waals surface area contributed by atoms with E-state index in [1.54, 1.807) is 11.3 Å². The van der Waals surface area contributed by atoms with E-state index < -0.39 is 0 Å². The van der Waals surface area contributed by atoms with E-state index in [1.807, 2.05) is 23.1 Å². The van der Waals surface area contributed by atoms with Crippen LogP contribution in [0.1, 0.15) is 22.5 Å². The summed E-state index contributed by atoms with van der Waals surface area (Å²) in [5, 5.41) is 8.93. The van der Waals surface area contributed by atoms with Crippen LogP contribution in [0.15, 0.2) is 18.5 Å². The maximum absolute atomic E-state index is 4.54. The minimum absolute atomic E-state index is 0.423. The van der Waals surface area contributed by atoms with Crippen LogP contribution in [0.2, 0.25) is 0 Å². The van der Waals surface area contributed by atoms with Crippen molar-refractivity contribution in [3.63, 3.8) is 0 Å². The van der Waals surface area contributed by atoms with Gasteiger partial charge in [-0.3, -0.25) is 4.68 Å². The fourth-order valence-electron chi connectivity index (χ4n) is 1.83. The Balaban J connectivity index is 1.71. The Hall–Kier alpha value is -1.20. The largest absolute Gasteiger partial charge is 0.312 e. The van der Waals surface area contributed by atoms with Crippen molar-refractivity contribution in [1.82, 2.24) is 20.1 Å². The zero-order valence-corrected chi connectivity index (χ0v) is 12.0. The molecule has 1 N–H and O–H groups in total. The first-order valence-corrected chi connectivity index (χ1v) is 7.10. The van der Waals surface area contributed by atoms with Crippen molar-refractivity contribution in [1.29, 1.82) is 0 Å². The Labute approximate surface area is 112 Å². The van der Waals surface area contributed by atoms with Crippen LogP contribution in [0.25, 0.3) is 0 Å². The molecule has 2 aromatic heterocycles. The first kappa shape index (κ1) is 13.2. The maximum atomic E-state index is 4.54. The molecule has 0 fully saturated rings. The normalized spacial score (nSPS) is 12.8. The second kappa shape index (κ2) is 6.11. The van der Waals surface area contributed by atoms with E-state index in [-0.39, 0.29) is 0 Å². The van der Waals surface area contributed by atoms with Gasteiger partial charge in [0.05, 0.1) is 17.2 Å². The van der Waals surface area contributed by atoms with Crippen LogP contribution in [-0.4, -0.2) is 27.4 Å². The number of nitrogens with one attached hydrogen (secondary N) is 1. The molecule has 18 heavy (non-hydrogen) atoms. The summed E-state index contributed by atoms with van der Waals surface area (Å²) >= 11 is 1.80. The van der Waals surface area contributed by atoms with E-state index in [2.05, 4.69) is 36.2 Å². The van der Waals surface area contributed by atoms with Crippen molar-refractivity contribution in [3.8, 4) is 0 Å². The lowest BCUT2D eigenvalue weighted by Gasteiger charge is -2.13. The summed E-state index contributed by atoms with van der Waals surface area (Å²) in [6.45, 7) is 8.26. The van der Waals surface area contributed by atoms with E-state index >= 15 is 0 Å². The van der Waals surface area contributed by atoms with Crippen LogP contribution in [0.3, 0.4) is 0 Å². The Morgan fingerprint density at radius 2 is 2.28 bits per heavy atom. The number of hydrogen-bond donors (Lipinski definition) is 1.